The quantitative estimate of drug-likeness (QED) is 0.524. The lowest BCUT2D eigenvalue weighted by molar-refractivity contribution is -0.254. The van der Waals surface area contributed by atoms with Gasteiger partial charge in [-0.15, -0.1) is 0 Å². The number of hydrogen-bond donors (Lipinski definition) is 1. The zero-order valence-electron chi connectivity index (χ0n) is 14.3. The van der Waals surface area contributed by atoms with E-state index in [0.29, 0.717) is 17.4 Å². The summed E-state index contributed by atoms with van der Waals surface area (Å²) in [6.45, 7) is 1.36. The van der Waals surface area contributed by atoms with Crippen molar-refractivity contribution in [3.63, 3.8) is 0 Å². The molecule has 0 saturated carbocycles. The zero-order valence-corrected chi connectivity index (χ0v) is 14.3. The molecule has 2 aliphatic rings. The van der Waals surface area contributed by atoms with Gasteiger partial charge < -0.3 is 20.0 Å². The number of fused-ring (bicyclic) bond motifs is 3. The van der Waals surface area contributed by atoms with E-state index < -0.39 is 5.97 Å². The van der Waals surface area contributed by atoms with Gasteiger partial charge in [0.15, 0.2) is 0 Å². The summed E-state index contributed by atoms with van der Waals surface area (Å²) in [5, 5.41) is 15.0. The molecule has 4 rings (SSSR count). The third-order valence-corrected chi connectivity index (χ3v) is 5.12. The molecule has 1 aliphatic carbocycles. The van der Waals surface area contributed by atoms with Crippen LogP contribution in [0.25, 0.3) is 0 Å². The Hall–Kier alpha value is -3.08. The molecule has 0 fully saturated rings. The number of carbonyl (C=O) groups is 2. The molecule has 2 aromatic carbocycles. The predicted molar refractivity (Wildman–Crippen MR) is 94.9 cm³/mol. The molecule has 0 bridgehead atoms. The van der Waals surface area contributed by atoms with E-state index >= 15 is 0 Å². The molecule has 0 amide bonds. The van der Waals surface area contributed by atoms with Gasteiger partial charge in [0.05, 0.1) is 12.0 Å². The van der Waals surface area contributed by atoms with Crippen LogP contribution in [0.15, 0.2) is 54.6 Å². The molecule has 0 saturated heterocycles. The molecule has 0 radical (unpaired) electrons. The molecule has 132 valence electrons. The van der Waals surface area contributed by atoms with Crippen molar-refractivity contribution in [1.29, 1.82) is 0 Å². The van der Waals surface area contributed by atoms with Crippen molar-refractivity contribution < 1.29 is 19.4 Å². The summed E-state index contributed by atoms with van der Waals surface area (Å²) in [6.07, 6.45) is 5.23. The molecular weight excluding hydrogens is 330 g/mol. The lowest BCUT2D eigenvalue weighted by atomic mass is 9.76. The topological polar surface area (TPSA) is 78.5 Å². The fourth-order valence-electron chi connectivity index (χ4n) is 4.03. The Morgan fingerprint density at radius 2 is 1.92 bits per heavy atom. The van der Waals surface area contributed by atoms with E-state index in [1.165, 1.54) is 6.92 Å². The van der Waals surface area contributed by atoms with Gasteiger partial charge in [-0.1, -0.05) is 42.5 Å². The van der Waals surface area contributed by atoms with Crippen molar-refractivity contribution in [2.24, 2.45) is 5.92 Å². The van der Waals surface area contributed by atoms with Crippen LogP contribution in [0.5, 0.6) is 5.75 Å². The second-order valence-electron chi connectivity index (χ2n) is 6.70. The van der Waals surface area contributed by atoms with Crippen LogP contribution in [-0.4, -0.2) is 11.9 Å². The van der Waals surface area contributed by atoms with E-state index in [-0.39, 0.29) is 23.5 Å². The number of carboxylic acid groups (broad SMARTS) is 1. The number of carboxylic acids is 1. The first-order chi connectivity index (χ1) is 12.5. The van der Waals surface area contributed by atoms with Gasteiger partial charge in [0.25, 0.3) is 0 Å². The van der Waals surface area contributed by atoms with Gasteiger partial charge in [-0.2, -0.15) is 0 Å². The number of aromatic carboxylic acids is 1. The minimum absolute atomic E-state index is 0.0330. The molecule has 1 N–H and O–H groups in total. The molecule has 5 nitrogen and oxygen atoms in total. The number of rotatable bonds is 3. The normalized spacial score (nSPS) is 22.9. The Labute approximate surface area is 151 Å². The van der Waals surface area contributed by atoms with E-state index in [9.17, 15) is 14.7 Å². The van der Waals surface area contributed by atoms with Crippen molar-refractivity contribution in [2.45, 2.75) is 25.3 Å². The molecule has 5 heteroatoms. The van der Waals surface area contributed by atoms with Crippen molar-refractivity contribution in [3.05, 3.63) is 71.3 Å². The number of esters is 1. The summed E-state index contributed by atoms with van der Waals surface area (Å²) in [4.78, 5) is 22.6. The van der Waals surface area contributed by atoms with E-state index in [1.54, 1.807) is 24.3 Å². The van der Waals surface area contributed by atoms with Gasteiger partial charge in [0, 0.05) is 24.1 Å². The average molecular weight is 348 g/mol. The molecule has 0 spiro atoms. The molecule has 3 atom stereocenters. The summed E-state index contributed by atoms with van der Waals surface area (Å²) in [7, 11) is 0. The van der Waals surface area contributed by atoms with Crippen molar-refractivity contribution >= 4 is 17.6 Å². The number of nitrogens with one attached hydrogen (secondary N) is 1. The monoisotopic (exact) mass is 348 g/mol. The number of allylic oxidation sites excluding steroid dienone is 2. The minimum atomic E-state index is -1.18. The largest absolute Gasteiger partial charge is 0.545 e. The molecule has 1 heterocycles. The Bertz CT molecular complexity index is 901. The summed E-state index contributed by atoms with van der Waals surface area (Å²) >= 11 is 0. The lowest BCUT2D eigenvalue weighted by Crippen LogP contribution is -2.32. The van der Waals surface area contributed by atoms with Crippen LogP contribution in [-0.2, 0) is 4.79 Å². The summed E-state index contributed by atoms with van der Waals surface area (Å²) in [5.74, 6) is -0.573. The van der Waals surface area contributed by atoms with Gasteiger partial charge in [0.2, 0.25) is 0 Å². The number of para-hydroxylation sites is 1. The first-order valence-corrected chi connectivity index (χ1v) is 8.60. The lowest BCUT2D eigenvalue weighted by Gasteiger charge is -2.38. The third-order valence-electron chi connectivity index (χ3n) is 5.12. The van der Waals surface area contributed by atoms with E-state index in [1.807, 2.05) is 18.2 Å². The van der Waals surface area contributed by atoms with Crippen molar-refractivity contribution in [3.8, 4) is 5.75 Å². The second-order valence-corrected chi connectivity index (χ2v) is 6.70. The number of benzene rings is 2. The van der Waals surface area contributed by atoms with Crippen LogP contribution in [0, 0.1) is 5.92 Å². The SMILES string of the molecule is CC(=O)Oc1ccc([C@H]2Nc3c(C(=O)[O-])cccc3[C@@H]3C=CC[C@@H]23)cc1. The number of ether oxygens (including phenoxy) is 1. The first-order valence-electron chi connectivity index (χ1n) is 8.60. The van der Waals surface area contributed by atoms with Gasteiger partial charge in [-0.3, -0.25) is 4.79 Å². The van der Waals surface area contributed by atoms with Crippen LogP contribution in [0.2, 0.25) is 0 Å². The fourth-order valence-corrected chi connectivity index (χ4v) is 4.03. The number of hydrogen-bond acceptors (Lipinski definition) is 5. The highest BCUT2D eigenvalue weighted by molar-refractivity contribution is 5.94. The smallest absolute Gasteiger partial charge is 0.308 e. The Kier molecular flexibility index (Phi) is 3.99. The molecule has 0 aromatic heterocycles. The minimum Gasteiger partial charge on any atom is -0.545 e. The standard InChI is InChI=1S/C21H19NO4/c1-12(23)26-14-10-8-13(9-11-14)19-16-5-2-4-15(16)17-6-3-7-18(21(24)25)20(17)22-19/h2-4,6-11,15-16,19,22H,5H2,1H3,(H,24,25)/p-1/t15-,16-,19-/m1/s1. The van der Waals surface area contributed by atoms with Crippen LogP contribution in [0.3, 0.4) is 0 Å². The predicted octanol–water partition coefficient (Wildman–Crippen LogP) is 2.80. The third kappa shape index (κ3) is 2.75. The Morgan fingerprint density at radius 1 is 1.15 bits per heavy atom. The molecule has 0 unspecified atom stereocenters. The average Bonchev–Trinajstić information content (AvgIpc) is 3.10. The van der Waals surface area contributed by atoms with E-state index in [0.717, 1.165) is 17.5 Å². The van der Waals surface area contributed by atoms with Crippen LogP contribution >= 0.6 is 0 Å². The first kappa shape index (κ1) is 16.4. The van der Waals surface area contributed by atoms with Gasteiger partial charge in [-0.25, -0.2) is 0 Å². The van der Waals surface area contributed by atoms with Crippen LogP contribution in [0.4, 0.5) is 5.69 Å². The zero-order chi connectivity index (χ0) is 18.3. The van der Waals surface area contributed by atoms with Gasteiger partial charge in [0.1, 0.15) is 5.75 Å². The summed E-state index contributed by atoms with van der Waals surface area (Å²) in [5.41, 5.74) is 2.84. The van der Waals surface area contributed by atoms with Crippen molar-refractivity contribution in [2.75, 3.05) is 5.32 Å². The highest BCUT2D eigenvalue weighted by Crippen LogP contribution is 2.50. The Morgan fingerprint density at radius 3 is 2.62 bits per heavy atom. The molecule has 1 aliphatic heterocycles. The maximum Gasteiger partial charge on any atom is 0.308 e. The van der Waals surface area contributed by atoms with Gasteiger partial charge >= 0.3 is 5.97 Å². The highest BCUT2D eigenvalue weighted by Gasteiger charge is 2.38. The van der Waals surface area contributed by atoms with E-state index in [4.69, 9.17) is 4.74 Å². The van der Waals surface area contributed by atoms with E-state index in [2.05, 4.69) is 17.5 Å². The maximum atomic E-state index is 11.5. The summed E-state index contributed by atoms with van der Waals surface area (Å²) < 4.78 is 5.09. The van der Waals surface area contributed by atoms with Crippen LogP contribution in [0.1, 0.15) is 46.8 Å². The second kappa shape index (κ2) is 6.33. The molecular formula is C21H18NO4-. The molecule has 26 heavy (non-hydrogen) atoms. The number of carbonyl (C=O) groups excluding carboxylic acids is 2. The van der Waals surface area contributed by atoms with Crippen LogP contribution < -0.4 is 15.2 Å². The fraction of sp³-hybridized carbons (Fsp3) is 0.238. The number of anilines is 1. The van der Waals surface area contributed by atoms with Crippen molar-refractivity contribution in [1.82, 2.24) is 0 Å². The van der Waals surface area contributed by atoms with Gasteiger partial charge in [-0.05, 0) is 35.6 Å². The molecule has 2 aromatic rings. The highest BCUT2D eigenvalue weighted by atomic mass is 16.5. The maximum absolute atomic E-state index is 11.5. The Balaban J connectivity index is 1.72. The summed E-state index contributed by atoms with van der Waals surface area (Å²) in [6, 6.07) is 12.6.